The molecule has 6 heteroatoms. The van der Waals surface area contributed by atoms with Gasteiger partial charge in [0.25, 0.3) is 0 Å². The molecular weight excluding hydrogens is 270 g/mol. The molecule has 1 fully saturated rings. The van der Waals surface area contributed by atoms with Crippen molar-refractivity contribution in [2.75, 3.05) is 13.2 Å². The summed E-state index contributed by atoms with van der Waals surface area (Å²) in [6.45, 7) is 1.17. The minimum Gasteiger partial charge on any atom is -0.492 e. The lowest BCUT2D eigenvalue weighted by atomic mass is 10.1. The molecule has 0 atom stereocenters. The van der Waals surface area contributed by atoms with Crippen molar-refractivity contribution >= 4 is 5.97 Å². The molecule has 0 unspecified atom stereocenters. The van der Waals surface area contributed by atoms with E-state index in [2.05, 4.69) is 0 Å². The third-order valence-corrected chi connectivity index (χ3v) is 3.38. The fourth-order valence-corrected chi connectivity index (χ4v) is 1.85. The van der Waals surface area contributed by atoms with Gasteiger partial charge in [0.1, 0.15) is 12.4 Å². The second kappa shape index (κ2) is 5.75. The fourth-order valence-electron chi connectivity index (χ4n) is 1.85. The monoisotopic (exact) mass is 286 g/mol. The summed E-state index contributed by atoms with van der Waals surface area (Å²) in [7, 11) is 0. The zero-order valence-electron chi connectivity index (χ0n) is 11.1. The molecular formula is C14H16F2O4. The first-order valence-corrected chi connectivity index (χ1v) is 6.31. The quantitative estimate of drug-likeness (QED) is 0.814. The Morgan fingerprint density at radius 2 is 2.05 bits per heavy atom. The van der Waals surface area contributed by atoms with E-state index in [1.165, 1.54) is 13.0 Å². The molecule has 2 rings (SSSR count). The van der Waals surface area contributed by atoms with Crippen molar-refractivity contribution in [3.63, 3.8) is 0 Å². The van der Waals surface area contributed by atoms with Gasteiger partial charge in [-0.05, 0) is 25.0 Å². The smallest absolute Gasteiger partial charge is 0.302 e. The maximum atomic E-state index is 13.5. The molecule has 0 saturated heterocycles. The number of rotatable bonds is 6. The number of hydrogen-bond acceptors (Lipinski definition) is 4. The van der Waals surface area contributed by atoms with Crippen LogP contribution in [0.15, 0.2) is 12.1 Å². The molecule has 0 heterocycles. The molecule has 0 bridgehead atoms. The van der Waals surface area contributed by atoms with Gasteiger partial charge in [-0.1, -0.05) is 0 Å². The second-order valence-electron chi connectivity index (χ2n) is 5.07. The molecule has 0 amide bonds. The van der Waals surface area contributed by atoms with Gasteiger partial charge >= 0.3 is 5.97 Å². The van der Waals surface area contributed by atoms with E-state index in [9.17, 15) is 13.6 Å². The minimum atomic E-state index is -1.10. The van der Waals surface area contributed by atoms with Gasteiger partial charge in [-0.25, -0.2) is 8.78 Å². The highest BCUT2D eigenvalue weighted by atomic mass is 19.2. The molecule has 4 nitrogen and oxygen atoms in total. The number of hydrogen-bond donors (Lipinski definition) is 1. The van der Waals surface area contributed by atoms with Gasteiger partial charge in [-0.15, -0.1) is 0 Å². The Bertz CT molecular complexity index is 512. The predicted molar refractivity (Wildman–Crippen MR) is 66.1 cm³/mol. The number of benzene rings is 1. The molecule has 0 aliphatic heterocycles. The van der Waals surface area contributed by atoms with Crippen LogP contribution in [-0.4, -0.2) is 24.3 Å². The van der Waals surface area contributed by atoms with E-state index in [0.29, 0.717) is 0 Å². The molecule has 1 aliphatic rings. The maximum absolute atomic E-state index is 13.5. The third kappa shape index (κ3) is 3.25. The lowest BCUT2D eigenvalue weighted by molar-refractivity contribution is -0.143. The summed E-state index contributed by atoms with van der Waals surface area (Å²) in [4.78, 5) is 10.8. The lowest BCUT2D eigenvalue weighted by Gasteiger charge is -2.17. The number of ether oxygens (including phenoxy) is 2. The van der Waals surface area contributed by atoms with Crippen LogP contribution >= 0.6 is 0 Å². The average Bonchev–Trinajstić information content (AvgIpc) is 3.18. The summed E-state index contributed by atoms with van der Waals surface area (Å²) >= 11 is 0. The van der Waals surface area contributed by atoms with Crippen LogP contribution in [0.2, 0.25) is 0 Å². The van der Waals surface area contributed by atoms with E-state index >= 15 is 0 Å². The van der Waals surface area contributed by atoms with Crippen molar-refractivity contribution in [2.45, 2.75) is 26.4 Å². The zero-order chi connectivity index (χ0) is 14.8. The first-order chi connectivity index (χ1) is 9.47. The summed E-state index contributed by atoms with van der Waals surface area (Å²) in [5.41, 5.74) is -0.447. The van der Waals surface area contributed by atoms with Gasteiger partial charge in [0.05, 0.1) is 18.8 Å². The highest BCUT2D eigenvalue weighted by Crippen LogP contribution is 2.46. The van der Waals surface area contributed by atoms with Crippen LogP contribution in [0.1, 0.15) is 25.3 Å². The van der Waals surface area contributed by atoms with E-state index in [4.69, 9.17) is 14.6 Å². The van der Waals surface area contributed by atoms with E-state index in [-0.39, 0.29) is 35.9 Å². The van der Waals surface area contributed by atoms with Gasteiger partial charge in [0, 0.05) is 12.3 Å². The number of carbonyl (C=O) groups is 1. The highest BCUT2D eigenvalue weighted by Gasteiger charge is 2.45. The standard InChI is InChI=1S/C14H16F2O4/c1-9(18)19-7-14(4-5-14)8-20-12-3-2-11(15)13(16)10(12)6-17/h2-3,17H,4-8H2,1H3. The van der Waals surface area contributed by atoms with Crippen molar-refractivity contribution in [3.8, 4) is 5.75 Å². The van der Waals surface area contributed by atoms with Crippen molar-refractivity contribution < 1.29 is 28.2 Å². The van der Waals surface area contributed by atoms with E-state index in [1.807, 2.05) is 0 Å². The predicted octanol–water partition coefficient (Wildman–Crippen LogP) is 2.18. The fraction of sp³-hybridized carbons (Fsp3) is 0.500. The maximum Gasteiger partial charge on any atom is 0.302 e. The zero-order valence-corrected chi connectivity index (χ0v) is 11.1. The van der Waals surface area contributed by atoms with Crippen LogP contribution in [0.5, 0.6) is 5.75 Å². The molecule has 20 heavy (non-hydrogen) atoms. The molecule has 0 aromatic heterocycles. The summed E-state index contributed by atoms with van der Waals surface area (Å²) in [5.74, 6) is -2.38. The Labute approximate surface area is 115 Å². The van der Waals surface area contributed by atoms with E-state index < -0.39 is 18.2 Å². The molecule has 1 aromatic rings. The summed E-state index contributed by atoms with van der Waals surface area (Å²) in [5, 5.41) is 9.09. The largest absolute Gasteiger partial charge is 0.492 e. The Hall–Kier alpha value is -1.69. The topological polar surface area (TPSA) is 55.8 Å². The van der Waals surface area contributed by atoms with E-state index in [1.54, 1.807) is 0 Å². The summed E-state index contributed by atoms with van der Waals surface area (Å²) in [6, 6.07) is 2.24. The van der Waals surface area contributed by atoms with Crippen LogP contribution in [0.25, 0.3) is 0 Å². The van der Waals surface area contributed by atoms with Gasteiger partial charge in [-0.3, -0.25) is 4.79 Å². The number of carbonyl (C=O) groups excluding carboxylic acids is 1. The first kappa shape index (κ1) is 14.7. The molecule has 0 spiro atoms. The Morgan fingerprint density at radius 3 is 2.60 bits per heavy atom. The third-order valence-electron chi connectivity index (χ3n) is 3.38. The molecule has 1 aromatic carbocycles. The van der Waals surface area contributed by atoms with Crippen molar-refractivity contribution in [1.82, 2.24) is 0 Å². The number of aliphatic hydroxyl groups is 1. The van der Waals surface area contributed by atoms with Crippen LogP contribution in [0.4, 0.5) is 8.78 Å². The van der Waals surface area contributed by atoms with E-state index in [0.717, 1.165) is 18.9 Å². The SMILES string of the molecule is CC(=O)OCC1(COc2ccc(F)c(F)c2CO)CC1. The normalized spacial score (nSPS) is 15.8. The summed E-state index contributed by atoms with van der Waals surface area (Å²) < 4.78 is 36.9. The lowest BCUT2D eigenvalue weighted by Crippen LogP contribution is -2.21. The van der Waals surface area contributed by atoms with Crippen LogP contribution in [-0.2, 0) is 16.1 Å². The molecule has 1 N–H and O–H groups in total. The average molecular weight is 286 g/mol. The molecule has 0 radical (unpaired) electrons. The molecule has 1 saturated carbocycles. The second-order valence-corrected chi connectivity index (χ2v) is 5.07. The van der Waals surface area contributed by atoms with Crippen LogP contribution < -0.4 is 4.74 Å². The van der Waals surface area contributed by atoms with Crippen LogP contribution in [0, 0.1) is 17.0 Å². The Kier molecular flexibility index (Phi) is 4.23. The van der Waals surface area contributed by atoms with Gasteiger partial charge in [-0.2, -0.15) is 0 Å². The highest BCUT2D eigenvalue weighted by molar-refractivity contribution is 5.65. The van der Waals surface area contributed by atoms with Crippen molar-refractivity contribution in [2.24, 2.45) is 5.41 Å². The molecule has 110 valence electrons. The number of aliphatic hydroxyl groups excluding tert-OH is 1. The number of halogens is 2. The number of esters is 1. The van der Waals surface area contributed by atoms with Gasteiger partial charge in [0.2, 0.25) is 0 Å². The molecule has 1 aliphatic carbocycles. The Balaban J connectivity index is 2.01. The van der Waals surface area contributed by atoms with Crippen molar-refractivity contribution in [3.05, 3.63) is 29.3 Å². The van der Waals surface area contributed by atoms with Gasteiger partial charge in [0.15, 0.2) is 11.6 Å². The first-order valence-electron chi connectivity index (χ1n) is 6.31. The van der Waals surface area contributed by atoms with Crippen molar-refractivity contribution in [1.29, 1.82) is 0 Å². The van der Waals surface area contributed by atoms with Gasteiger partial charge < -0.3 is 14.6 Å². The Morgan fingerprint density at radius 1 is 1.35 bits per heavy atom. The summed E-state index contributed by atoms with van der Waals surface area (Å²) in [6.07, 6.45) is 1.69. The van der Waals surface area contributed by atoms with Crippen LogP contribution in [0.3, 0.4) is 0 Å². The minimum absolute atomic E-state index is 0.112.